The minimum Gasteiger partial charge on any atom is -0.393 e. The molecular weight excluding hydrogens is 192 g/mol. The lowest BCUT2D eigenvalue weighted by Crippen LogP contribution is -2.34. The van der Waals surface area contributed by atoms with Crippen LogP contribution in [0.15, 0.2) is 5.16 Å². The molecule has 1 atom stereocenters. The van der Waals surface area contributed by atoms with Crippen molar-refractivity contribution in [2.75, 3.05) is 13.2 Å². The second-order valence-electron chi connectivity index (χ2n) is 4.40. The van der Waals surface area contributed by atoms with E-state index in [0.29, 0.717) is 18.5 Å². The minimum absolute atomic E-state index is 0.240. The molecule has 0 amide bonds. The average molecular weight is 216 g/mol. The normalized spacial score (nSPS) is 14.8. The maximum absolute atomic E-state index is 9.49. The summed E-state index contributed by atoms with van der Waals surface area (Å²) in [5.41, 5.74) is 0.944. The number of nitrogens with one attached hydrogen (secondary N) is 1. The fourth-order valence-corrected chi connectivity index (χ4v) is 0.761. The monoisotopic (exact) mass is 216 g/mol. The first kappa shape index (κ1) is 14.4. The Morgan fingerprint density at radius 1 is 1.33 bits per heavy atom. The molecule has 0 rings (SSSR count). The Morgan fingerprint density at radius 2 is 1.93 bits per heavy atom. The fourth-order valence-electron chi connectivity index (χ4n) is 0.761. The Labute approximate surface area is 92.7 Å². The maximum atomic E-state index is 9.49. The quantitative estimate of drug-likeness (QED) is 0.499. The van der Waals surface area contributed by atoms with Crippen molar-refractivity contribution in [3.8, 4) is 0 Å². The first-order valence-corrected chi connectivity index (χ1v) is 5.51. The van der Waals surface area contributed by atoms with Crippen LogP contribution in [0.4, 0.5) is 0 Å². The van der Waals surface area contributed by atoms with Crippen LogP contribution < -0.4 is 5.32 Å². The van der Waals surface area contributed by atoms with Crippen molar-refractivity contribution in [2.45, 2.75) is 46.8 Å². The molecule has 0 radical (unpaired) electrons. The van der Waals surface area contributed by atoms with Gasteiger partial charge >= 0.3 is 0 Å². The topological polar surface area (TPSA) is 53.9 Å². The summed E-state index contributed by atoms with van der Waals surface area (Å²) in [6.45, 7) is 10.9. The van der Waals surface area contributed by atoms with E-state index < -0.39 is 6.10 Å². The summed E-state index contributed by atoms with van der Waals surface area (Å²) < 4.78 is 0. The van der Waals surface area contributed by atoms with E-state index in [1.54, 1.807) is 0 Å². The third-order valence-electron chi connectivity index (χ3n) is 2.07. The molecule has 0 aromatic heterocycles. The molecule has 90 valence electrons. The standard InChI is InChI=1S/C11H24N2O2/c1-8(2)10(5)13-15-7-11(14)6-12-9(3)4/h8-9,11-12,14H,6-7H2,1-5H3/b13-10+. The molecule has 0 heterocycles. The molecule has 0 spiro atoms. The molecule has 0 aromatic rings. The molecule has 0 bridgehead atoms. The van der Waals surface area contributed by atoms with Crippen LogP contribution in [0.2, 0.25) is 0 Å². The third kappa shape index (κ3) is 8.39. The van der Waals surface area contributed by atoms with E-state index in [-0.39, 0.29) is 6.61 Å². The highest BCUT2D eigenvalue weighted by atomic mass is 16.6. The Hall–Kier alpha value is -0.610. The maximum Gasteiger partial charge on any atom is 0.144 e. The molecule has 0 saturated heterocycles. The Morgan fingerprint density at radius 3 is 2.40 bits per heavy atom. The zero-order valence-corrected chi connectivity index (χ0v) is 10.4. The van der Waals surface area contributed by atoms with E-state index >= 15 is 0 Å². The molecule has 1 unspecified atom stereocenters. The van der Waals surface area contributed by atoms with Gasteiger partial charge in [-0.1, -0.05) is 32.9 Å². The molecule has 15 heavy (non-hydrogen) atoms. The van der Waals surface area contributed by atoms with Crippen molar-refractivity contribution < 1.29 is 9.94 Å². The van der Waals surface area contributed by atoms with Gasteiger partial charge in [0.25, 0.3) is 0 Å². The van der Waals surface area contributed by atoms with E-state index in [2.05, 4.69) is 24.3 Å². The van der Waals surface area contributed by atoms with Crippen molar-refractivity contribution in [3.63, 3.8) is 0 Å². The van der Waals surface area contributed by atoms with Crippen LogP contribution in [0.1, 0.15) is 34.6 Å². The Bertz CT molecular complexity index is 191. The van der Waals surface area contributed by atoms with Crippen molar-refractivity contribution in [1.29, 1.82) is 0 Å². The van der Waals surface area contributed by atoms with Gasteiger partial charge in [0, 0.05) is 12.6 Å². The summed E-state index contributed by atoms with van der Waals surface area (Å²) in [5.74, 6) is 0.385. The van der Waals surface area contributed by atoms with Gasteiger partial charge in [-0.15, -0.1) is 0 Å². The van der Waals surface area contributed by atoms with E-state index in [1.165, 1.54) is 0 Å². The first-order valence-electron chi connectivity index (χ1n) is 5.51. The van der Waals surface area contributed by atoms with Crippen LogP contribution in [-0.4, -0.2) is 36.1 Å². The summed E-state index contributed by atoms with van der Waals surface area (Å²) in [4.78, 5) is 5.05. The van der Waals surface area contributed by atoms with Crippen molar-refractivity contribution in [1.82, 2.24) is 5.32 Å². The lowest BCUT2D eigenvalue weighted by molar-refractivity contribution is 0.0388. The predicted molar refractivity (Wildman–Crippen MR) is 63.0 cm³/mol. The highest BCUT2D eigenvalue weighted by Gasteiger charge is 2.05. The number of oxime groups is 1. The van der Waals surface area contributed by atoms with Crippen molar-refractivity contribution in [3.05, 3.63) is 0 Å². The van der Waals surface area contributed by atoms with Crippen LogP contribution in [0.5, 0.6) is 0 Å². The molecule has 0 saturated carbocycles. The van der Waals surface area contributed by atoms with Gasteiger partial charge in [0.15, 0.2) is 0 Å². The molecule has 0 aromatic carbocycles. The van der Waals surface area contributed by atoms with Gasteiger partial charge < -0.3 is 15.3 Å². The lowest BCUT2D eigenvalue weighted by Gasteiger charge is -2.13. The van der Waals surface area contributed by atoms with Gasteiger partial charge in [0.05, 0.1) is 5.71 Å². The molecule has 4 heteroatoms. The summed E-state index contributed by atoms with van der Waals surface area (Å²) in [6.07, 6.45) is -0.504. The van der Waals surface area contributed by atoms with Crippen molar-refractivity contribution >= 4 is 5.71 Å². The van der Waals surface area contributed by atoms with Crippen molar-refractivity contribution in [2.24, 2.45) is 11.1 Å². The van der Waals surface area contributed by atoms with Crippen LogP contribution in [-0.2, 0) is 4.84 Å². The van der Waals surface area contributed by atoms with Gasteiger partial charge in [-0.2, -0.15) is 0 Å². The summed E-state index contributed by atoms with van der Waals surface area (Å²) in [6, 6.07) is 0.376. The summed E-state index contributed by atoms with van der Waals surface area (Å²) >= 11 is 0. The van der Waals surface area contributed by atoms with Gasteiger partial charge in [-0.25, -0.2) is 0 Å². The lowest BCUT2D eigenvalue weighted by atomic mass is 10.1. The van der Waals surface area contributed by atoms with E-state index in [4.69, 9.17) is 4.84 Å². The number of hydrogen-bond donors (Lipinski definition) is 2. The molecule has 2 N–H and O–H groups in total. The predicted octanol–water partition coefficient (Wildman–Crippen LogP) is 1.39. The number of nitrogens with zero attached hydrogens (tertiary/aromatic N) is 1. The largest absolute Gasteiger partial charge is 0.393 e. The molecular formula is C11H24N2O2. The van der Waals surface area contributed by atoms with E-state index in [0.717, 1.165) is 5.71 Å². The average Bonchev–Trinajstić information content (AvgIpc) is 2.14. The second-order valence-corrected chi connectivity index (χ2v) is 4.40. The first-order chi connectivity index (χ1) is 6.93. The third-order valence-corrected chi connectivity index (χ3v) is 2.07. The second kappa shape index (κ2) is 7.65. The SMILES string of the molecule is C/C(=N\OCC(O)CNC(C)C)C(C)C. The molecule has 4 nitrogen and oxygen atoms in total. The van der Waals surface area contributed by atoms with E-state index in [1.807, 2.05) is 20.8 Å². The van der Waals surface area contributed by atoms with E-state index in [9.17, 15) is 5.11 Å². The number of rotatable bonds is 7. The Kier molecular flexibility index (Phi) is 7.34. The zero-order valence-electron chi connectivity index (χ0n) is 10.4. The summed E-state index contributed by atoms with van der Waals surface area (Å²) in [5, 5.41) is 16.5. The van der Waals surface area contributed by atoms with Crippen LogP contribution in [0.3, 0.4) is 0 Å². The van der Waals surface area contributed by atoms with Crippen LogP contribution in [0.25, 0.3) is 0 Å². The van der Waals surface area contributed by atoms with Gasteiger partial charge in [-0.3, -0.25) is 0 Å². The summed E-state index contributed by atoms with van der Waals surface area (Å²) in [7, 11) is 0. The van der Waals surface area contributed by atoms with Gasteiger partial charge in [-0.05, 0) is 12.8 Å². The highest BCUT2D eigenvalue weighted by Crippen LogP contribution is 1.97. The number of aliphatic hydroxyl groups excluding tert-OH is 1. The zero-order chi connectivity index (χ0) is 11.8. The molecule has 0 fully saturated rings. The number of hydrogen-bond acceptors (Lipinski definition) is 4. The smallest absolute Gasteiger partial charge is 0.144 e. The highest BCUT2D eigenvalue weighted by molar-refractivity contribution is 5.83. The Balaban J connectivity index is 3.63. The molecule has 0 aliphatic carbocycles. The van der Waals surface area contributed by atoms with Crippen LogP contribution >= 0.6 is 0 Å². The minimum atomic E-state index is -0.504. The van der Waals surface area contributed by atoms with Gasteiger partial charge in [0.2, 0.25) is 0 Å². The molecule has 0 aliphatic rings. The fraction of sp³-hybridized carbons (Fsp3) is 0.909. The van der Waals surface area contributed by atoms with Crippen LogP contribution in [0, 0.1) is 5.92 Å². The van der Waals surface area contributed by atoms with Gasteiger partial charge in [0.1, 0.15) is 12.7 Å². The molecule has 0 aliphatic heterocycles. The number of aliphatic hydroxyl groups is 1.